The van der Waals surface area contributed by atoms with Crippen LogP contribution in [0.5, 0.6) is 5.75 Å². The molecule has 1 heterocycles. The maximum atomic E-state index is 5.28. The van der Waals surface area contributed by atoms with Crippen LogP contribution >= 0.6 is 11.8 Å². The summed E-state index contributed by atoms with van der Waals surface area (Å²) in [5.74, 6) is 2.74. The molecule has 0 N–H and O–H groups in total. The third kappa shape index (κ3) is 3.44. The van der Waals surface area contributed by atoms with Crippen molar-refractivity contribution in [2.24, 2.45) is 0 Å². The summed E-state index contributed by atoms with van der Waals surface area (Å²) < 4.78 is 10.4. The summed E-state index contributed by atoms with van der Waals surface area (Å²) in [7, 11) is 1.66. The van der Waals surface area contributed by atoms with E-state index in [1.807, 2.05) is 54.6 Å². The number of nitrogens with zero attached hydrogens (tertiary/aromatic N) is 2. The highest BCUT2D eigenvalue weighted by Gasteiger charge is 2.08. The van der Waals surface area contributed by atoms with E-state index in [-0.39, 0.29) is 0 Å². The molecule has 0 bridgehead atoms. The van der Waals surface area contributed by atoms with Gasteiger partial charge in [0, 0.05) is 10.5 Å². The van der Waals surface area contributed by atoms with Crippen molar-refractivity contribution in [1.29, 1.82) is 0 Å². The number of methoxy groups -OCH3 is 1. The first kappa shape index (κ1) is 13.7. The fraction of sp³-hybridized carbons (Fsp3) is 0.125. The second-order valence-corrected chi connectivity index (χ2v) is 5.39. The van der Waals surface area contributed by atoms with Crippen LogP contribution in [-0.2, 0) is 5.75 Å². The summed E-state index contributed by atoms with van der Waals surface area (Å²) in [6, 6.07) is 17.7. The number of hydrogen-bond donors (Lipinski definition) is 0. The van der Waals surface area contributed by atoms with Crippen molar-refractivity contribution in [1.82, 2.24) is 10.1 Å². The zero-order chi connectivity index (χ0) is 14.5. The van der Waals surface area contributed by atoms with E-state index in [0.29, 0.717) is 17.5 Å². The summed E-state index contributed by atoms with van der Waals surface area (Å²) in [6.45, 7) is 0. The van der Waals surface area contributed by atoms with E-state index in [2.05, 4.69) is 10.1 Å². The van der Waals surface area contributed by atoms with Gasteiger partial charge in [-0.3, -0.25) is 0 Å². The van der Waals surface area contributed by atoms with Crippen LogP contribution in [0.3, 0.4) is 0 Å². The highest BCUT2D eigenvalue weighted by atomic mass is 32.2. The number of aromatic nitrogens is 2. The summed E-state index contributed by atoms with van der Waals surface area (Å²) in [5.41, 5.74) is 0.960. The van der Waals surface area contributed by atoms with E-state index in [1.54, 1.807) is 18.9 Å². The molecule has 3 rings (SSSR count). The number of thioether (sulfide) groups is 1. The summed E-state index contributed by atoms with van der Waals surface area (Å²) in [5, 5.41) is 4.01. The zero-order valence-corrected chi connectivity index (χ0v) is 12.3. The second kappa shape index (κ2) is 6.45. The van der Waals surface area contributed by atoms with Gasteiger partial charge in [0.15, 0.2) is 0 Å². The van der Waals surface area contributed by atoms with Crippen LogP contribution in [0.25, 0.3) is 11.4 Å². The molecule has 106 valence electrons. The van der Waals surface area contributed by atoms with Crippen molar-refractivity contribution in [3.8, 4) is 17.1 Å². The van der Waals surface area contributed by atoms with Crippen molar-refractivity contribution in [3.05, 3.63) is 60.5 Å². The lowest BCUT2D eigenvalue weighted by Crippen LogP contribution is -1.84. The van der Waals surface area contributed by atoms with Crippen LogP contribution < -0.4 is 4.74 Å². The van der Waals surface area contributed by atoms with Gasteiger partial charge in [-0.05, 0) is 24.3 Å². The quantitative estimate of drug-likeness (QED) is 0.665. The minimum absolute atomic E-state index is 0.620. The number of benzene rings is 2. The highest BCUT2D eigenvalue weighted by Crippen LogP contribution is 2.25. The van der Waals surface area contributed by atoms with Crippen molar-refractivity contribution >= 4 is 11.8 Å². The summed E-state index contributed by atoms with van der Waals surface area (Å²) in [6.07, 6.45) is 0. The Labute approximate surface area is 127 Å². The topological polar surface area (TPSA) is 48.2 Å². The first-order valence-electron chi connectivity index (χ1n) is 6.50. The average molecular weight is 298 g/mol. The molecule has 0 spiro atoms. The molecule has 0 saturated carbocycles. The van der Waals surface area contributed by atoms with E-state index in [0.717, 1.165) is 16.2 Å². The van der Waals surface area contributed by atoms with Gasteiger partial charge in [0.05, 0.1) is 12.9 Å². The van der Waals surface area contributed by atoms with Gasteiger partial charge in [0.1, 0.15) is 5.75 Å². The van der Waals surface area contributed by atoms with E-state index >= 15 is 0 Å². The molecule has 2 aromatic carbocycles. The molecule has 0 atom stereocenters. The zero-order valence-electron chi connectivity index (χ0n) is 11.5. The second-order valence-electron chi connectivity index (χ2n) is 4.34. The number of hydrogen-bond acceptors (Lipinski definition) is 5. The Morgan fingerprint density at radius 1 is 1.05 bits per heavy atom. The van der Waals surface area contributed by atoms with Gasteiger partial charge in [0.25, 0.3) is 0 Å². The van der Waals surface area contributed by atoms with Crippen molar-refractivity contribution < 1.29 is 9.26 Å². The molecule has 0 aliphatic rings. The van der Waals surface area contributed by atoms with Crippen LogP contribution in [0.4, 0.5) is 0 Å². The molecule has 0 aliphatic carbocycles. The van der Waals surface area contributed by atoms with E-state index in [4.69, 9.17) is 9.26 Å². The van der Waals surface area contributed by atoms with Gasteiger partial charge in [-0.1, -0.05) is 35.5 Å². The fourth-order valence-corrected chi connectivity index (χ4v) is 2.57. The van der Waals surface area contributed by atoms with E-state index < -0.39 is 0 Å². The van der Waals surface area contributed by atoms with Crippen molar-refractivity contribution in [3.63, 3.8) is 0 Å². The molecule has 0 unspecified atom stereocenters. The van der Waals surface area contributed by atoms with Gasteiger partial charge >= 0.3 is 0 Å². The largest absolute Gasteiger partial charge is 0.497 e. The van der Waals surface area contributed by atoms with Crippen LogP contribution in [-0.4, -0.2) is 17.3 Å². The van der Waals surface area contributed by atoms with Gasteiger partial charge in [0.2, 0.25) is 11.7 Å². The Morgan fingerprint density at radius 2 is 1.81 bits per heavy atom. The normalized spacial score (nSPS) is 10.5. The van der Waals surface area contributed by atoms with Crippen LogP contribution in [0.1, 0.15) is 5.89 Å². The molecule has 3 aromatic rings. The summed E-state index contributed by atoms with van der Waals surface area (Å²) >= 11 is 1.65. The lowest BCUT2D eigenvalue weighted by Gasteiger charge is -2.01. The minimum atomic E-state index is 0.620. The maximum absolute atomic E-state index is 5.28. The molecular weight excluding hydrogens is 284 g/mol. The first-order chi connectivity index (χ1) is 10.3. The molecule has 4 nitrogen and oxygen atoms in total. The molecule has 0 saturated heterocycles. The predicted molar refractivity (Wildman–Crippen MR) is 82.3 cm³/mol. The third-order valence-electron chi connectivity index (χ3n) is 2.92. The Hall–Kier alpha value is -2.27. The molecule has 21 heavy (non-hydrogen) atoms. The number of rotatable bonds is 5. The fourth-order valence-electron chi connectivity index (χ4n) is 1.83. The molecule has 0 radical (unpaired) electrons. The Bertz CT molecular complexity index is 696. The smallest absolute Gasteiger partial charge is 0.237 e. The molecular formula is C16H14N2O2S. The van der Waals surface area contributed by atoms with Crippen molar-refractivity contribution in [2.75, 3.05) is 7.11 Å². The van der Waals surface area contributed by atoms with Crippen molar-refractivity contribution in [2.45, 2.75) is 10.6 Å². The molecule has 0 amide bonds. The highest BCUT2D eigenvalue weighted by molar-refractivity contribution is 7.98. The monoisotopic (exact) mass is 298 g/mol. The Kier molecular flexibility index (Phi) is 4.21. The van der Waals surface area contributed by atoms with Gasteiger partial charge in [-0.2, -0.15) is 4.98 Å². The summed E-state index contributed by atoms with van der Waals surface area (Å²) in [4.78, 5) is 5.54. The van der Waals surface area contributed by atoms with Gasteiger partial charge in [-0.15, -0.1) is 11.8 Å². The molecule has 0 fully saturated rings. The standard InChI is InChI=1S/C16H14N2O2S/c1-19-13-7-9-14(10-8-13)21-11-15-17-16(18-20-15)12-5-3-2-4-6-12/h2-10H,11H2,1H3. The molecule has 0 aliphatic heterocycles. The van der Waals surface area contributed by atoms with Crippen LogP contribution in [0, 0.1) is 0 Å². The lowest BCUT2D eigenvalue weighted by molar-refractivity contribution is 0.391. The third-order valence-corrected chi connectivity index (χ3v) is 3.92. The van der Waals surface area contributed by atoms with Crippen LogP contribution in [0.2, 0.25) is 0 Å². The first-order valence-corrected chi connectivity index (χ1v) is 7.48. The van der Waals surface area contributed by atoms with Crippen LogP contribution in [0.15, 0.2) is 64.0 Å². The predicted octanol–water partition coefficient (Wildman–Crippen LogP) is 4.04. The average Bonchev–Trinajstić information content (AvgIpc) is 3.03. The molecule has 5 heteroatoms. The SMILES string of the molecule is COc1ccc(SCc2nc(-c3ccccc3)no2)cc1. The van der Waals surface area contributed by atoms with E-state index in [1.165, 1.54) is 0 Å². The van der Waals surface area contributed by atoms with Gasteiger partial charge < -0.3 is 9.26 Å². The molecule has 1 aromatic heterocycles. The van der Waals surface area contributed by atoms with E-state index in [9.17, 15) is 0 Å². The lowest BCUT2D eigenvalue weighted by atomic mass is 10.2. The Morgan fingerprint density at radius 3 is 2.52 bits per heavy atom. The minimum Gasteiger partial charge on any atom is -0.497 e. The van der Waals surface area contributed by atoms with Gasteiger partial charge in [-0.25, -0.2) is 0 Å². The Balaban J connectivity index is 1.64. The number of ether oxygens (including phenoxy) is 1. The maximum Gasteiger partial charge on any atom is 0.237 e.